The molecule has 1 amide bonds. The van der Waals surface area contributed by atoms with Crippen molar-refractivity contribution in [1.29, 1.82) is 0 Å². The average molecular weight is 379 g/mol. The lowest BCUT2D eigenvalue weighted by molar-refractivity contribution is -0.117. The molecular weight excluding hydrogens is 361 g/mol. The number of halogens is 1. The molecule has 4 nitrogen and oxygen atoms in total. The molecule has 0 saturated heterocycles. The van der Waals surface area contributed by atoms with Crippen LogP contribution < -0.4 is 4.90 Å². The normalized spacial score (nSPS) is 11.1. The highest BCUT2D eigenvalue weighted by Gasteiger charge is 2.23. The first-order chi connectivity index (χ1) is 13.0. The van der Waals surface area contributed by atoms with Gasteiger partial charge < -0.3 is 4.98 Å². The van der Waals surface area contributed by atoms with Crippen LogP contribution in [0.5, 0.6) is 0 Å². The van der Waals surface area contributed by atoms with Gasteiger partial charge in [0, 0.05) is 22.0 Å². The molecular formula is C21H18FN3OS. The predicted molar refractivity (Wildman–Crippen MR) is 107 cm³/mol. The van der Waals surface area contributed by atoms with E-state index in [2.05, 4.69) is 9.97 Å². The number of thiazole rings is 1. The Bertz CT molecular complexity index is 1120. The van der Waals surface area contributed by atoms with E-state index in [9.17, 15) is 9.18 Å². The number of amides is 1. The molecule has 1 N–H and O–H groups in total. The molecule has 0 spiro atoms. The monoisotopic (exact) mass is 379 g/mol. The summed E-state index contributed by atoms with van der Waals surface area (Å²) in [6.45, 7) is 3.81. The van der Waals surface area contributed by atoms with E-state index in [0.717, 1.165) is 33.5 Å². The summed E-state index contributed by atoms with van der Waals surface area (Å²) in [4.78, 5) is 22.6. The minimum absolute atomic E-state index is 0.108. The van der Waals surface area contributed by atoms with Crippen LogP contribution in [-0.2, 0) is 11.2 Å². The van der Waals surface area contributed by atoms with Gasteiger partial charge in [0.2, 0.25) is 5.91 Å². The van der Waals surface area contributed by atoms with Crippen LogP contribution in [0.2, 0.25) is 0 Å². The number of aryl methyl sites for hydroxylation is 2. The van der Waals surface area contributed by atoms with Crippen molar-refractivity contribution in [2.24, 2.45) is 0 Å². The molecule has 4 aromatic rings. The van der Waals surface area contributed by atoms with E-state index in [-0.39, 0.29) is 18.1 Å². The Labute approximate surface area is 160 Å². The van der Waals surface area contributed by atoms with E-state index in [4.69, 9.17) is 0 Å². The van der Waals surface area contributed by atoms with Gasteiger partial charge in [0.25, 0.3) is 0 Å². The summed E-state index contributed by atoms with van der Waals surface area (Å²) in [5.74, 6) is -0.422. The molecule has 0 saturated carbocycles. The molecule has 27 heavy (non-hydrogen) atoms. The number of anilines is 2. The summed E-state index contributed by atoms with van der Waals surface area (Å²) in [6.07, 6.45) is 0.156. The number of aromatic amines is 1. The molecule has 2 aromatic carbocycles. The SMILES string of the molecule is Cc1csc(N(C(=O)Cc2c(C)[nH]c3ccc(F)cc23)c2ccccc2)n1. The first-order valence-corrected chi connectivity index (χ1v) is 9.48. The van der Waals surface area contributed by atoms with E-state index < -0.39 is 0 Å². The first-order valence-electron chi connectivity index (χ1n) is 8.60. The second kappa shape index (κ2) is 6.96. The first kappa shape index (κ1) is 17.4. The highest BCUT2D eigenvalue weighted by molar-refractivity contribution is 7.14. The number of hydrogen-bond acceptors (Lipinski definition) is 3. The van der Waals surface area contributed by atoms with Crippen LogP contribution >= 0.6 is 11.3 Å². The molecule has 0 atom stereocenters. The van der Waals surface area contributed by atoms with Gasteiger partial charge in [-0.05, 0) is 49.7 Å². The van der Waals surface area contributed by atoms with Gasteiger partial charge in [0.05, 0.1) is 17.8 Å². The molecule has 0 bridgehead atoms. The number of H-pyrrole nitrogens is 1. The van der Waals surface area contributed by atoms with Crippen LogP contribution in [0, 0.1) is 19.7 Å². The average Bonchev–Trinajstić information content (AvgIpc) is 3.20. The second-order valence-electron chi connectivity index (χ2n) is 6.43. The number of rotatable bonds is 4. The number of carbonyl (C=O) groups excluding carboxylic acids is 1. The van der Waals surface area contributed by atoms with Gasteiger partial charge in [-0.25, -0.2) is 9.37 Å². The summed E-state index contributed by atoms with van der Waals surface area (Å²) < 4.78 is 13.7. The van der Waals surface area contributed by atoms with Gasteiger partial charge in [-0.2, -0.15) is 0 Å². The molecule has 0 unspecified atom stereocenters. The summed E-state index contributed by atoms with van der Waals surface area (Å²) >= 11 is 1.43. The lowest BCUT2D eigenvalue weighted by atomic mass is 10.1. The molecule has 0 fully saturated rings. The molecule has 136 valence electrons. The fourth-order valence-electron chi connectivity index (χ4n) is 3.20. The van der Waals surface area contributed by atoms with Crippen molar-refractivity contribution in [1.82, 2.24) is 9.97 Å². The second-order valence-corrected chi connectivity index (χ2v) is 7.27. The molecule has 0 aliphatic heterocycles. The summed E-state index contributed by atoms with van der Waals surface area (Å²) in [6, 6.07) is 14.1. The van der Waals surface area contributed by atoms with Gasteiger partial charge in [-0.3, -0.25) is 9.69 Å². The minimum Gasteiger partial charge on any atom is -0.358 e. The van der Waals surface area contributed by atoms with Gasteiger partial charge >= 0.3 is 0 Å². The van der Waals surface area contributed by atoms with E-state index >= 15 is 0 Å². The molecule has 2 aromatic heterocycles. The lowest BCUT2D eigenvalue weighted by Crippen LogP contribution is -2.27. The third-order valence-electron chi connectivity index (χ3n) is 4.47. The van der Waals surface area contributed by atoms with Gasteiger partial charge in [0.1, 0.15) is 5.82 Å². The molecule has 0 aliphatic rings. The van der Waals surface area contributed by atoms with Gasteiger partial charge in [0.15, 0.2) is 5.13 Å². The Kier molecular flexibility index (Phi) is 4.49. The van der Waals surface area contributed by atoms with Crippen molar-refractivity contribution in [3.8, 4) is 0 Å². The standard InChI is InChI=1S/C21H18FN3OS/c1-13-12-27-21(23-13)25(16-6-4-3-5-7-16)20(26)11-17-14(2)24-19-9-8-15(22)10-18(17)19/h3-10,12,24H,11H2,1-2H3. The van der Waals surface area contributed by atoms with Crippen LogP contribution in [0.3, 0.4) is 0 Å². The third kappa shape index (κ3) is 3.36. The quantitative estimate of drug-likeness (QED) is 0.524. The van der Waals surface area contributed by atoms with E-state index in [1.165, 1.54) is 23.5 Å². The number of carbonyl (C=O) groups is 1. The topological polar surface area (TPSA) is 49.0 Å². The van der Waals surface area contributed by atoms with E-state index in [1.807, 2.05) is 49.6 Å². The Morgan fingerprint density at radius 2 is 1.96 bits per heavy atom. The zero-order valence-electron chi connectivity index (χ0n) is 15.0. The Hall–Kier alpha value is -2.99. The summed E-state index contributed by atoms with van der Waals surface area (Å²) in [7, 11) is 0. The predicted octanol–water partition coefficient (Wildman–Crippen LogP) is 5.29. The van der Waals surface area contributed by atoms with Gasteiger partial charge in [-0.1, -0.05) is 18.2 Å². The molecule has 0 radical (unpaired) electrons. The smallest absolute Gasteiger partial charge is 0.237 e. The maximum absolute atomic E-state index is 13.7. The Morgan fingerprint density at radius 3 is 2.67 bits per heavy atom. The van der Waals surface area contributed by atoms with E-state index in [0.29, 0.717) is 5.13 Å². The fourth-order valence-corrected chi connectivity index (χ4v) is 4.03. The molecule has 4 rings (SSSR count). The van der Waals surface area contributed by atoms with Crippen molar-refractivity contribution >= 4 is 39.0 Å². The van der Waals surface area contributed by atoms with Crippen molar-refractivity contribution in [2.75, 3.05) is 4.90 Å². The highest BCUT2D eigenvalue weighted by Crippen LogP contribution is 2.31. The lowest BCUT2D eigenvalue weighted by Gasteiger charge is -2.20. The Morgan fingerprint density at radius 1 is 1.19 bits per heavy atom. The minimum atomic E-state index is -0.314. The van der Waals surface area contributed by atoms with Crippen LogP contribution in [-0.4, -0.2) is 15.9 Å². The zero-order valence-corrected chi connectivity index (χ0v) is 15.8. The molecule has 6 heteroatoms. The number of nitrogens with zero attached hydrogens (tertiary/aromatic N) is 2. The number of fused-ring (bicyclic) bond motifs is 1. The van der Waals surface area contributed by atoms with Crippen molar-refractivity contribution in [3.63, 3.8) is 0 Å². The number of nitrogens with one attached hydrogen (secondary N) is 1. The molecule has 0 aliphatic carbocycles. The van der Waals surface area contributed by atoms with Crippen molar-refractivity contribution in [2.45, 2.75) is 20.3 Å². The maximum Gasteiger partial charge on any atom is 0.237 e. The number of aromatic nitrogens is 2. The van der Waals surface area contributed by atoms with Crippen molar-refractivity contribution < 1.29 is 9.18 Å². The number of hydrogen-bond donors (Lipinski definition) is 1. The van der Waals surface area contributed by atoms with Crippen LogP contribution in [0.25, 0.3) is 10.9 Å². The van der Waals surface area contributed by atoms with Crippen LogP contribution in [0.1, 0.15) is 17.0 Å². The Balaban J connectivity index is 1.75. The maximum atomic E-state index is 13.7. The highest BCUT2D eigenvalue weighted by atomic mass is 32.1. The van der Waals surface area contributed by atoms with Crippen LogP contribution in [0.4, 0.5) is 15.2 Å². The van der Waals surface area contributed by atoms with Crippen LogP contribution in [0.15, 0.2) is 53.9 Å². The molecule has 2 heterocycles. The fraction of sp³-hybridized carbons (Fsp3) is 0.143. The van der Waals surface area contributed by atoms with E-state index in [1.54, 1.807) is 11.0 Å². The third-order valence-corrected chi connectivity index (χ3v) is 5.42. The van der Waals surface area contributed by atoms with Gasteiger partial charge in [-0.15, -0.1) is 11.3 Å². The number of benzene rings is 2. The van der Waals surface area contributed by atoms with Crippen molar-refractivity contribution in [3.05, 3.63) is 76.7 Å². The summed E-state index contributed by atoms with van der Waals surface area (Å²) in [5, 5.41) is 3.29. The zero-order chi connectivity index (χ0) is 19.0. The summed E-state index contributed by atoms with van der Waals surface area (Å²) in [5.41, 5.74) is 4.14. The number of para-hydroxylation sites is 1. The largest absolute Gasteiger partial charge is 0.358 e.